The summed E-state index contributed by atoms with van der Waals surface area (Å²) in [5.41, 5.74) is 0. The van der Waals surface area contributed by atoms with Crippen LogP contribution in [0.2, 0.25) is 0 Å². The standard InChI is InChI=1S/C11H16O3/c1-2-11(12)14-7-13-10-6-8-3-4-9(10)5-8/h2,8-10H,1,3-7H2. The molecule has 3 nitrogen and oxygen atoms in total. The van der Waals surface area contributed by atoms with Crippen LogP contribution in [-0.2, 0) is 14.3 Å². The van der Waals surface area contributed by atoms with Crippen molar-refractivity contribution in [2.24, 2.45) is 11.8 Å². The molecule has 2 saturated carbocycles. The lowest BCUT2D eigenvalue weighted by atomic mass is 9.98. The van der Waals surface area contributed by atoms with E-state index >= 15 is 0 Å². The maximum Gasteiger partial charge on any atom is 0.332 e. The molecule has 0 heterocycles. The second-order valence-electron chi connectivity index (χ2n) is 4.17. The molecule has 0 radical (unpaired) electrons. The van der Waals surface area contributed by atoms with Gasteiger partial charge in [0, 0.05) is 6.08 Å². The minimum absolute atomic E-state index is 0.0821. The van der Waals surface area contributed by atoms with E-state index < -0.39 is 5.97 Å². The second-order valence-corrected chi connectivity index (χ2v) is 4.17. The third-order valence-electron chi connectivity index (χ3n) is 3.32. The lowest BCUT2D eigenvalue weighted by Gasteiger charge is -2.21. The first-order valence-corrected chi connectivity index (χ1v) is 5.20. The largest absolute Gasteiger partial charge is 0.435 e. The summed E-state index contributed by atoms with van der Waals surface area (Å²) >= 11 is 0. The summed E-state index contributed by atoms with van der Waals surface area (Å²) in [5.74, 6) is 1.16. The fourth-order valence-electron chi connectivity index (χ4n) is 2.63. The van der Waals surface area contributed by atoms with Crippen LogP contribution < -0.4 is 0 Å². The Morgan fingerprint density at radius 3 is 2.86 bits per heavy atom. The highest BCUT2D eigenvalue weighted by Crippen LogP contribution is 2.45. The predicted molar refractivity (Wildman–Crippen MR) is 51.5 cm³/mol. The molecule has 0 aromatic carbocycles. The van der Waals surface area contributed by atoms with Gasteiger partial charge in [0.1, 0.15) is 0 Å². The molecule has 78 valence electrons. The smallest absolute Gasteiger partial charge is 0.332 e. The summed E-state index contributed by atoms with van der Waals surface area (Å²) in [6, 6.07) is 0. The summed E-state index contributed by atoms with van der Waals surface area (Å²) in [6.45, 7) is 3.40. The van der Waals surface area contributed by atoms with Gasteiger partial charge in [-0.05, 0) is 37.5 Å². The van der Waals surface area contributed by atoms with Crippen LogP contribution in [0.5, 0.6) is 0 Å². The summed E-state index contributed by atoms with van der Waals surface area (Å²) in [4.78, 5) is 10.7. The number of carbonyl (C=O) groups excluding carboxylic acids is 1. The van der Waals surface area contributed by atoms with Crippen molar-refractivity contribution in [3.05, 3.63) is 12.7 Å². The van der Waals surface area contributed by atoms with Crippen LogP contribution in [0, 0.1) is 11.8 Å². The van der Waals surface area contributed by atoms with Gasteiger partial charge in [0.15, 0.2) is 6.79 Å². The predicted octanol–water partition coefficient (Wildman–Crippen LogP) is 1.88. The first kappa shape index (κ1) is 9.71. The van der Waals surface area contributed by atoms with Crippen molar-refractivity contribution in [2.75, 3.05) is 6.79 Å². The SMILES string of the molecule is C=CC(=O)OCOC1CC2CCC1C2. The maximum atomic E-state index is 10.7. The molecule has 0 aromatic heterocycles. The molecule has 0 spiro atoms. The molecule has 0 saturated heterocycles. The Kier molecular flexibility index (Phi) is 2.87. The molecule has 2 aliphatic rings. The zero-order chi connectivity index (χ0) is 9.97. The summed E-state index contributed by atoms with van der Waals surface area (Å²) < 4.78 is 10.3. The van der Waals surface area contributed by atoms with E-state index in [9.17, 15) is 4.79 Å². The van der Waals surface area contributed by atoms with E-state index in [1.165, 1.54) is 19.3 Å². The number of fused-ring (bicyclic) bond motifs is 2. The van der Waals surface area contributed by atoms with Crippen molar-refractivity contribution in [1.29, 1.82) is 0 Å². The average molecular weight is 196 g/mol. The van der Waals surface area contributed by atoms with Crippen LogP contribution in [0.4, 0.5) is 0 Å². The normalized spacial score (nSPS) is 34.4. The molecule has 2 rings (SSSR count). The lowest BCUT2D eigenvalue weighted by molar-refractivity contribution is -0.157. The van der Waals surface area contributed by atoms with Gasteiger partial charge in [0.2, 0.25) is 0 Å². The maximum absolute atomic E-state index is 10.7. The van der Waals surface area contributed by atoms with Gasteiger partial charge in [-0.1, -0.05) is 6.58 Å². The topological polar surface area (TPSA) is 35.5 Å². The third kappa shape index (κ3) is 1.98. The summed E-state index contributed by atoms with van der Waals surface area (Å²) in [5, 5.41) is 0. The van der Waals surface area contributed by atoms with Crippen molar-refractivity contribution in [3.63, 3.8) is 0 Å². The number of rotatable bonds is 4. The zero-order valence-electron chi connectivity index (χ0n) is 8.28. The Bertz CT molecular complexity index is 237. The number of ether oxygens (including phenoxy) is 2. The van der Waals surface area contributed by atoms with Crippen LogP contribution in [0.1, 0.15) is 25.7 Å². The minimum atomic E-state index is -0.409. The van der Waals surface area contributed by atoms with Gasteiger partial charge in [0.25, 0.3) is 0 Å². The van der Waals surface area contributed by atoms with Gasteiger partial charge in [-0.15, -0.1) is 0 Å². The van der Waals surface area contributed by atoms with E-state index in [-0.39, 0.29) is 6.79 Å². The minimum Gasteiger partial charge on any atom is -0.435 e. The fraction of sp³-hybridized carbons (Fsp3) is 0.727. The van der Waals surface area contributed by atoms with E-state index in [4.69, 9.17) is 9.47 Å². The molecular weight excluding hydrogens is 180 g/mol. The number of hydrogen-bond acceptors (Lipinski definition) is 3. The Morgan fingerprint density at radius 1 is 1.43 bits per heavy atom. The number of carbonyl (C=O) groups is 1. The van der Waals surface area contributed by atoms with Crippen molar-refractivity contribution >= 4 is 5.97 Å². The summed E-state index contributed by atoms with van der Waals surface area (Å²) in [6.07, 6.45) is 6.58. The highest BCUT2D eigenvalue weighted by atomic mass is 16.7. The molecule has 0 amide bonds. The molecule has 2 aliphatic carbocycles. The molecule has 2 bridgehead atoms. The molecular formula is C11H16O3. The first-order valence-electron chi connectivity index (χ1n) is 5.20. The van der Waals surface area contributed by atoms with Crippen molar-refractivity contribution in [1.82, 2.24) is 0 Å². The fourth-order valence-corrected chi connectivity index (χ4v) is 2.63. The molecule has 3 heteroatoms. The van der Waals surface area contributed by atoms with E-state index in [1.54, 1.807) is 0 Å². The first-order chi connectivity index (χ1) is 6.79. The van der Waals surface area contributed by atoms with Gasteiger partial charge < -0.3 is 9.47 Å². The molecule has 2 fully saturated rings. The van der Waals surface area contributed by atoms with Crippen LogP contribution >= 0.6 is 0 Å². The van der Waals surface area contributed by atoms with E-state index in [0.29, 0.717) is 12.0 Å². The van der Waals surface area contributed by atoms with Gasteiger partial charge in [-0.3, -0.25) is 0 Å². The zero-order valence-corrected chi connectivity index (χ0v) is 8.28. The molecule has 0 aromatic rings. The molecule has 14 heavy (non-hydrogen) atoms. The van der Waals surface area contributed by atoms with Crippen molar-refractivity contribution in [2.45, 2.75) is 31.8 Å². The van der Waals surface area contributed by atoms with E-state index in [1.807, 2.05) is 0 Å². The summed E-state index contributed by atoms with van der Waals surface area (Å²) in [7, 11) is 0. The van der Waals surface area contributed by atoms with Crippen LogP contribution in [0.15, 0.2) is 12.7 Å². The Hall–Kier alpha value is -0.830. The average Bonchev–Trinajstić information content (AvgIpc) is 2.79. The van der Waals surface area contributed by atoms with E-state index in [0.717, 1.165) is 18.4 Å². The number of hydrogen-bond donors (Lipinski definition) is 0. The third-order valence-corrected chi connectivity index (χ3v) is 3.32. The van der Waals surface area contributed by atoms with Crippen molar-refractivity contribution < 1.29 is 14.3 Å². The molecule has 3 atom stereocenters. The van der Waals surface area contributed by atoms with Gasteiger partial charge in [-0.25, -0.2) is 4.79 Å². The quantitative estimate of drug-likeness (QED) is 0.391. The van der Waals surface area contributed by atoms with Crippen LogP contribution in [-0.4, -0.2) is 18.9 Å². The monoisotopic (exact) mass is 196 g/mol. The van der Waals surface area contributed by atoms with Gasteiger partial charge >= 0.3 is 5.97 Å². The Balaban J connectivity index is 1.67. The van der Waals surface area contributed by atoms with E-state index in [2.05, 4.69) is 6.58 Å². The highest BCUT2D eigenvalue weighted by molar-refractivity contribution is 5.81. The Morgan fingerprint density at radius 2 is 2.29 bits per heavy atom. The Labute approximate surface area is 84.1 Å². The highest BCUT2D eigenvalue weighted by Gasteiger charge is 2.40. The van der Waals surface area contributed by atoms with Crippen LogP contribution in [0.3, 0.4) is 0 Å². The van der Waals surface area contributed by atoms with Gasteiger partial charge in [0.05, 0.1) is 6.10 Å². The van der Waals surface area contributed by atoms with Crippen molar-refractivity contribution in [3.8, 4) is 0 Å². The lowest BCUT2D eigenvalue weighted by Crippen LogP contribution is -2.22. The number of esters is 1. The molecule has 0 aliphatic heterocycles. The molecule has 3 unspecified atom stereocenters. The van der Waals surface area contributed by atoms with Gasteiger partial charge in [-0.2, -0.15) is 0 Å². The second kappa shape index (κ2) is 4.13. The molecule has 0 N–H and O–H groups in total. The van der Waals surface area contributed by atoms with Crippen LogP contribution in [0.25, 0.3) is 0 Å².